The lowest BCUT2D eigenvalue weighted by Gasteiger charge is -2.15. The van der Waals surface area contributed by atoms with Crippen LogP contribution < -0.4 is 14.2 Å². The Labute approximate surface area is 174 Å². The van der Waals surface area contributed by atoms with E-state index < -0.39 is 0 Å². The Balaban J connectivity index is 1.79. The Morgan fingerprint density at radius 2 is 1.72 bits per heavy atom. The van der Waals surface area contributed by atoms with E-state index in [0.717, 1.165) is 16.9 Å². The number of methoxy groups -OCH3 is 3. The van der Waals surface area contributed by atoms with Crippen molar-refractivity contribution in [2.24, 2.45) is 10.2 Å². The molecular weight excluding hydrogens is 390 g/mol. The van der Waals surface area contributed by atoms with Gasteiger partial charge in [0.2, 0.25) is 5.91 Å². The maximum Gasteiger partial charge on any atom is 0.242 e. The maximum absolute atomic E-state index is 12.6. The van der Waals surface area contributed by atoms with E-state index in [2.05, 4.69) is 10.2 Å². The van der Waals surface area contributed by atoms with Crippen LogP contribution in [0.15, 0.2) is 52.7 Å². The number of hydrogen-bond donors (Lipinski definition) is 0. The molecule has 8 heteroatoms. The molecule has 0 bridgehead atoms. The second kappa shape index (κ2) is 9.47. The van der Waals surface area contributed by atoms with Crippen LogP contribution in [0.4, 0.5) is 0 Å². The van der Waals surface area contributed by atoms with Crippen molar-refractivity contribution in [2.45, 2.75) is 18.7 Å². The molecule has 152 valence electrons. The molecule has 0 N–H and O–H groups in total. The zero-order valence-electron chi connectivity index (χ0n) is 16.8. The van der Waals surface area contributed by atoms with Gasteiger partial charge in [0.1, 0.15) is 17.2 Å². The number of carbonyl (C=O) groups is 1. The summed E-state index contributed by atoms with van der Waals surface area (Å²) in [6, 6.07) is 13.1. The van der Waals surface area contributed by atoms with E-state index in [1.807, 2.05) is 43.3 Å². The fourth-order valence-electron chi connectivity index (χ4n) is 2.79. The van der Waals surface area contributed by atoms with E-state index in [1.54, 1.807) is 38.5 Å². The lowest BCUT2D eigenvalue weighted by Crippen LogP contribution is -2.30. The molecule has 2 aromatic carbocycles. The highest BCUT2D eigenvalue weighted by atomic mass is 32.2. The van der Waals surface area contributed by atoms with Crippen molar-refractivity contribution in [3.63, 3.8) is 0 Å². The molecule has 1 heterocycles. The van der Waals surface area contributed by atoms with Gasteiger partial charge in [-0.2, -0.15) is 5.10 Å². The summed E-state index contributed by atoms with van der Waals surface area (Å²) < 4.78 is 15.7. The normalized spacial score (nSPS) is 17.9. The van der Waals surface area contributed by atoms with Gasteiger partial charge in [-0.15, -0.1) is 5.10 Å². The lowest BCUT2D eigenvalue weighted by atomic mass is 10.2. The monoisotopic (exact) mass is 413 g/mol. The van der Waals surface area contributed by atoms with Gasteiger partial charge >= 0.3 is 0 Å². The van der Waals surface area contributed by atoms with Crippen LogP contribution in [-0.2, 0) is 11.3 Å². The number of hydrogen-bond acceptors (Lipinski definition) is 7. The minimum atomic E-state index is -0.197. The molecule has 3 rings (SSSR count). The number of amides is 1. The van der Waals surface area contributed by atoms with E-state index in [4.69, 9.17) is 14.2 Å². The summed E-state index contributed by atoms with van der Waals surface area (Å²) in [5.74, 6) is 2.12. The first-order valence-electron chi connectivity index (χ1n) is 8.99. The largest absolute Gasteiger partial charge is 0.497 e. The Hall–Kier alpha value is -3.00. The molecule has 0 radical (unpaired) electrons. The molecule has 1 amide bonds. The Morgan fingerprint density at radius 1 is 1.03 bits per heavy atom. The van der Waals surface area contributed by atoms with Gasteiger partial charge in [-0.05, 0) is 36.8 Å². The number of rotatable bonds is 7. The smallest absolute Gasteiger partial charge is 0.242 e. The Morgan fingerprint density at radius 3 is 2.38 bits per heavy atom. The molecule has 1 aliphatic rings. The molecular formula is C21H23N3O4S. The van der Waals surface area contributed by atoms with Gasteiger partial charge in [-0.1, -0.05) is 23.9 Å². The topological polar surface area (TPSA) is 72.7 Å². The van der Waals surface area contributed by atoms with Crippen LogP contribution in [0.2, 0.25) is 0 Å². The van der Waals surface area contributed by atoms with Gasteiger partial charge in [0.05, 0.1) is 39.3 Å². The lowest BCUT2D eigenvalue weighted by molar-refractivity contribution is -0.126. The third-order valence-electron chi connectivity index (χ3n) is 4.41. The molecule has 1 unspecified atom stereocenters. The molecule has 0 aromatic heterocycles. The molecule has 1 fully saturated rings. The fraction of sp³-hybridized carbons (Fsp3) is 0.286. The van der Waals surface area contributed by atoms with Crippen LogP contribution in [0, 0.1) is 0 Å². The molecule has 1 saturated heterocycles. The van der Waals surface area contributed by atoms with Crippen molar-refractivity contribution >= 4 is 29.1 Å². The zero-order valence-corrected chi connectivity index (χ0v) is 17.6. The third-order valence-corrected chi connectivity index (χ3v) is 5.48. The minimum Gasteiger partial charge on any atom is -0.497 e. The van der Waals surface area contributed by atoms with Gasteiger partial charge in [-0.3, -0.25) is 9.69 Å². The summed E-state index contributed by atoms with van der Waals surface area (Å²) in [5, 5.41) is 8.85. The van der Waals surface area contributed by atoms with Gasteiger partial charge < -0.3 is 14.2 Å². The van der Waals surface area contributed by atoms with Gasteiger partial charge in [0.15, 0.2) is 5.17 Å². The predicted octanol–water partition coefficient (Wildman–Crippen LogP) is 3.57. The highest BCUT2D eigenvalue weighted by Gasteiger charge is 2.35. The summed E-state index contributed by atoms with van der Waals surface area (Å²) in [5.41, 5.74) is 1.75. The number of amidine groups is 1. The molecule has 1 atom stereocenters. The van der Waals surface area contributed by atoms with Gasteiger partial charge in [-0.25, -0.2) is 0 Å². The molecule has 0 spiro atoms. The van der Waals surface area contributed by atoms with E-state index >= 15 is 0 Å². The summed E-state index contributed by atoms with van der Waals surface area (Å²) in [4.78, 5) is 14.2. The number of carbonyl (C=O) groups excluding carboxylic acids is 1. The molecule has 7 nitrogen and oxygen atoms in total. The zero-order chi connectivity index (χ0) is 20.8. The van der Waals surface area contributed by atoms with Crippen molar-refractivity contribution in [1.29, 1.82) is 0 Å². The maximum atomic E-state index is 12.6. The molecule has 1 aliphatic heterocycles. The average molecular weight is 413 g/mol. The average Bonchev–Trinajstić information content (AvgIpc) is 3.02. The number of nitrogens with zero attached hydrogens (tertiary/aromatic N) is 3. The first-order valence-corrected chi connectivity index (χ1v) is 9.87. The first kappa shape index (κ1) is 20.7. The highest BCUT2D eigenvalue weighted by Crippen LogP contribution is 2.29. The van der Waals surface area contributed by atoms with E-state index in [9.17, 15) is 4.79 Å². The third kappa shape index (κ3) is 4.89. The van der Waals surface area contributed by atoms with Crippen molar-refractivity contribution < 1.29 is 19.0 Å². The summed E-state index contributed by atoms with van der Waals surface area (Å²) in [6.07, 6.45) is 1.60. The molecule has 0 aliphatic carbocycles. The Kier molecular flexibility index (Phi) is 6.77. The van der Waals surface area contributed by atoms with Gasteiger partial charge in [0, 0.05) is 11.6 Å². The van der Waals surface area contributed by atoms with E-state index in [-0.39, 0.29) is 11.2 Å². The fourth-order valence-corrected chi connectivity index (χ4v) is 3.71. The number of benzene rings is 2. The first-order chi connectivity index (χ1) is 14.0. The standard InChI is InChI=1S/C21H23N3O4S/c1-14-20(25)24(13-15-5-8-17(26-2)9-6-15)21(29-14)23-22-12-16-7-10-18(27-3)11-19(16)28-4/h5-12,14H,13H2,1-4H3/b22-12+,23-21+. The second-order valence-electron chi connectivity index (χ2n) is 6.27. The Bertz CT molecular complexity index is 928. The number of ether oxygens (including phenoxy) is 3. The highest BCUT2D eigenvalue weighted by molar-refractivity contribution is 8.15. The van der Waals surface area contributed by atoms with Crippen LogP contribution in [0.3, 0.4) is 0 Å². The quantitative estimate of drug-likeness (QED) is 0.513. The summed E-state index contributed by atoms with van der Waals surface area (Å²) in [6.45, 7) is 2.30. The van der Waals surface area contributed by atoms with Crippen LogP contribution in [0.1, 0.15) is 18.1 Å². The molecule has 0 saturated carbocycles. The summed E-state index contributed by atoms with van der Waals surface area (Å²) in [7, 11) is 4.81. The van der Waals surface area contributed by atoms with Crippen LogP contribution in [0.5, 0.6) is 17.2 Å². The van der Waals surface area contributed by atoms with Crippen molar-refractivity contribution in [3.05, 3.63) is 53.6 Å². The molecule has 29 heavy (non-hydrogen) atoms. The van der Waals surface area contributed by atoms with E-state index in [0.29, 0.717) is 23.2 Å². The van der Waals surface area contributed by atoms with Crippen LogP contribution >= 0.6 is 11.8 Å². The number of thioether (sulfide) groups is 1. The SMILES string of the molecule is COc1ccc(CN2C(=O)C(C)S/C2=N/N=C/c2ccc(OC)cc2OC)cc1. The van der Waals surface area contributed by atoms with Crippen LogP contribution in [0.25, 0.3) is 0 Å². The van der Waals surface area contributed by atoms with Crippen molar-refractivity contribution in [1.82, 2.24) is 4.90 Å². The van der Waals surface area contributed by atoms with Crippen molar-refractivity contribution in [3.8, 4) is 17.2 Å². The minimum absolute atomic E-state index is 0.0156. The predicted molar refractivity (Wildman–Crippen MR) is 115 cm³/mol. The van der Waals surface area contributed by atoms with Crippen molar-refractivity contribution in [2.75, 3.05) is 21.3 Å². The second-order valence-corrected chi connectivity index (χ2v) is 7.58. The van der Waals surface area contributed by atoms with Gasteiger partial charge in [0.25, 0.3) is 0 Å². The summed E-state index contributed by atoms with van der Waals surface area (Å²) >= 11 is 1.40. The van der Waals surface area contributed by atoms with Crippen LogP contribution in [-0.4, -0.2) is 48.8 Å². The molecule has 2 aromatic rings. The van der Waals surface area contributed by atoms with E-state index in [1.165, 1.54) is 11.8 Å².